The predicted molar refractivity (Wildman–Crippen MR) is 117 cm³/mol. The summed E-state index contributed by atoms with van der Waals surface area (Å²) in [7, 11) is 0. The fourth-order valence-corrected chi connectivity index (χ4v) is 3.34. The number of hydrogen-bond acceptors (Lipinski definition) is 5. The Balaban J connectivity index is 0.00000131. The molecular formula is C19H26Cl2N6. The van der Waals surface area contributed by atoms with E-state index in [1.165, 1.54) is 5.39 Å². The van der Waals surface area contributed by atoms with Crippen molar-refractivity contribution in [3.8, 4) is 0 Å². The van der Waals surface area contributed by atoms with Crippen LogP contribution in [0.2, 0.25) is 0 Å². The molecule has 0 amide bonds. The molecule has 146 valence electrons. The summed E-state index contributed by atoms with van der Waals surface area (Å²) in [6.07, 6.45) is 4.96. The summed E-state index contributed by atoms with van der Waals surface area (Å²) in [6.45, 7) is 3.98. The highest BCUT2D eigenvalue weighted by Gasteiger charge is 2.21. The molecule has 6 nitrogen and oxygen atoms in total. The lowest BCUT2D eigenvalue weighted by Gasteiger charge is -2.19. The van der Waals surface area contributed by atoms with Crippen molar-refractivity contribution in [2.45, 2.75) is 32.2 Å². The van der Waals surface area contributed by atoms with Gasteiger partial charge in [0.15, 0.2) is 0 Å². The zero-order valence-electron chi connectivity index (χ0n) is 15.3. The first-order valence-electron chi connectivity index (χ1n) is 8.94. The van der Waals surface area contributed by atoms with E-state index in [0.717, 1.165) is 55.1 Å². The van der Waals surface area contributed by atoms with E-state index in [-0.39, 0.29) is 30.9 Å². The summed E-state index contributed by atoms with van der Waals surface area (Å²) in [4.78, 5) is 14.9. The van der Waals surface area contributed by atoms with Gasteiger partial charge in [0.25, 0.3) is 0 Å². The second-order valence-electron chi connectivity index (χ2n) is 6.69. The average Bonchev–Trinajstić information content (AvgIpc) is 3.23. The minimum absolute atomic E-state index is 0. The van der Waals surface area contributed by atoms with Crippen LogP contribution in [0.15, 0.2) is 36.5 Å². The second kappa shape index (κ2) is 9.26. The van der Waals surface area contributed by atoms with Crippen molar-refractivity contribution in [3.63, 3.8) is 0 Å². The normalized spacial score (nSPS) is 16.1. The highest BCUT2D eigenvalue weighted by atomic mass is 35.5. The van der Waals surface area contributed by atoms with Crippen LogP contribution in [0.3, 0.4) is 0 Å². The molecule has 0 saturated carbocycles. The molecule has 1 aliphatic rings. The van der Waals surface area contributed by atoms with E-state index in [1.807, 2.05) is 6.20 Å². The number of rotatable bonds is 5. The molecule has 3 aromatic rings. The van der Waals surface area contributed by atoms with Crippen molar-refractivity contribution in [2.75, 3.05) is 23.3 Å². The zero-order chi connectivity index (χ0) is 17.2. The second-order valence-corrected chi connectivity index (χ2v) is 6.69. The molecule has 2 aromatic heterocycles. The number of hydrogen-bond donors (Lipinski definition) is 3. The molecule has 1 saturated heterocycles. The van der Waals surface area contributed by atoms with Gasteiger partial charge in [0.1, 0.15) is 5.82 Å². The molecule has 1 fully saturated rings. The molecule has 0 bridgehead atoms. The van der Waals surface area contributed by atoms with Crippen molar-refractivity contribution in [2.24, 2.45) is 5.73 Å². The topological polar surface area (TPSA) is 82.9 Å². The molecule has 0 unspecified atom stereocenters. The number of anilines is 3. The molecule has 4 N–H and O–H groups in total. The van der Waals surface area contributed by atoms with Crippen LogP contribution in [0.25, 0.3) is 10.9 Å². The third-order valence-corrected chi connectivity index (χ3v) is 4.63. The third kappa shape index (κ3) is 4.83. The minimum atomic E-state index is 0. The average molecular weight is 409 g/mol. The van der Waals surface area contributed by atoms with E-state index in [2.05, 4.69) is 57.4 Å². The van der Waals surface area contributed by atoms with E-state index in [4.69, 9.17) is 10.7 Å². The van der Waals surface area contributed by atoms with E-state index in [1.54, 1.807) is 0 Å². The largest absolute Gasteiger partial charge is 0.361 e. The maximum atomic E-state index is 6.06. The van der Waals surface area contributed by atoms with Gasteiger partial charge in [0.2, 0.25) is 5.95 Å². The van der Waals surface area contributed by atoms with E-state index >= 15 is 0 Å². The van der Waals surface area contributed by atoms with Crippen molar-refractivity contribution < 1.29 is 0 Å². The number of aryl methyl sites for hydroxylation is 1. The molecule has 1 aliphatic heterocycles. The number of H-pyrrole nitrogens is 1. The Bertz CT molecular complexity index is 882. The SMILES string of the molecule is CCCc1cc(N2CC[C@H](N)C2)nc(Nc2ccc3cc[nH]c3c2)n1.Cl.Cl. The van der Waals surface area contributed by atoms with Gasteiger partial charge in [-0.3, -0.25) is 0 Å². The van der Waals surface area contributed by atoms with E-state index < -0.39 is 0 Å². The Labute approximate surface area is 171 Å². The van der Waals surface area contributed by atoms with Gasteiger partial charge in [0, 0.05) is 48.3 Å². The van der Waals surface area contributed by atoms with Gasteiger partial charge in [-0.25, -0.2) is 4.98 Å². The number of aromatic nitrogens is 3. The zero-order valence-corrected chi connectivity index (χ0v) is 16.9. The number of benzene rings is 1. The Morgan fingerprint density at radius 2 is 2.07 bits per heavy atom. The lowest BCUT2D eigenvalue weighted by molar-refractivity contribution is 0.751. The fourth-order valence-electron chi connectivity index (χ4n) is 3.34. The van der Waals surface area contributed by atoms with Crippen molar-refractivity contribution in [1.29, 1.82) is 0 Å². The highest BCUT2D eigenvalue weighted by molar-refractivity contribution is 5.85. The number of fused-ring (bicyclic) bond motifs is 1. The number of halogens is 2. The first-order chi connectivity index (χ1) is 12.2. The summed E-state index contributed by atoms with van der Waals surface area (Å²) in [5.41, 5.74) is 9.20. The van der Waals surface area contributed by atoms with Crippen LogP contribution in [0.5, 0.6) is 0 Å². The lowest BCUT2D eigenvalue weighted by atomic mass is 10.2. The number of nitrogens with zero attached hydrogens (tertiary/aromatic N) is 3. The summed E-state index contributed by atoms with van der Waals surface area (Å²) in [6, 6.07) is 10.6. The molecule has 1 atom stereocenters. The number of aromatic amines is 1. The van der Waals surface area contributed by atoms with E-state index in [9.17, 15) is 0 Å². The van der Waals surface area contributed by atoms with Crippen LogP contribution >= 0.6 is 24.8 Å². The maximum absolute atomic E-state index is 6.06. The first-order valence-corrected chi connectivity index (χ1v) is 8.94. The lowest BCUT2D eigenvalue weighted by Crippen LogP contribution is -2.27. The van der Waals surface area contributed by atoms with Gasteiger partial charge in [-0.15, -0.1) is 24.8 Å². The molecule has 0 aliphatic carbocycles. The molecule has 0 spiro atoms. The number of nitrogens with two attached hydrogens (primary N) is 1. The predicted octanol–water partition coefficient (Wildman–Crippen LogP) is 4.04. The quantitative estimate of drug-likeness (QED) is 0.593. The Kier molecular flexibility index (Phi) is 7.30. The van der Waals surface area contributed by atoms with Gasteiger partial charge in [-0.2, -0.15) is 4.98 Å². The maximum Gasteiger partial charge on any atom is 0.229 e. The highest BCUT2D eigenvalue weighted by Crippen LogP contribution is 2.24. The summed E-state index contributed by atoms with van der Waals surface area (Å²) in [5, 5.41) is 4.55. The van der Waals surface area contributed by atoms with Gasteiger partial charge >= 0.3 is 0 Å². The van der Waals surface area contributed by atoms with Gasteiger partial charge in [0.05, 0.1) is 0 Å². The molecule has 27 heavy (non-hydrogen) atoms. The van der Waals surface area contributed by atoms with Crippen LogP contribution in [0.4, 0.5) is 17.5 Å². The molecule has 1 aromatic carbocycles. The van der Waals surface area contributed by atoms with Gasteiger partial charge < -0.3 is 20.9 Å². The molecular weight excluding hydrogens is 383 g/mol. The van der Waals surface area contributed by atoms with E-state index in [0.29, 0.717) is 5.95 Å². The van der Waals surface area contributed by atoms with Gasteiger partial charge in [-0.1, -0.05) is 19.4 Å². The summed E-state index contributed by atoms with van der Waals surface area (Å²) in [5.74, 6) is 1.61. The minimum Gasteiger partial charge on any atom is -0.361 e. The van der Waals surface area contributed by atoms with Crippen LogP contribution in [-0.4, -0.2) is 34.1 Å². The number of nitrogens with one attached hydrogen (secondary N) is 2. The van der Waals surface area contributed by atoms with Crippen LogP contribution < -0.4 is 16.0 Å². The fraction of sp³-hybridized carbons (Fsp3) is 0.368. The smallest absolute Gasteiger partial charge is 0.229 e. The Morgan fingerprint density at radius 3 is 2.81 bits per heavy atom. The van der Waals surface area contributed by atoms with Crippen molar-refractivity contribution >= 4 is 53.2 Å². The van der Waals surface area contributed by atoms with Crippen molar-refractivity contribution in [3.05, 3.63) is 42.2 Å². The summed E-state index contributed by atoms with van der Waals surface area (Å²) >= 11 is 0. The van der Waals surface area contributed by atoms with Crippen molar-refractivity contribution in [1.82, 2.24) is 15.0 Å². The molecule has 3 heterocycles. The Morgan fingerprint density at radius 1 is 1.22 bits per heavy atom. The Hall–Kier alpha value is -2.02. The molecule has 4 rings (SSSR count). The van der Waals surface area contributed by atoms with Crippen LogP contribution in [0, 0.1) is 0 Å². The third-order valence-electron chi connectivity index (χ3n) is 4.63. The first kappa shape index (κ1) is 21.3. The summed E-state index contributed by atoms with van der Waals surface area (Å²) < 4.78 is 0. The van der Waals surface area contributed by atoms with Gasteiger partial charge in [-0.05, 0) is 36.4 Å². The van der Waals surface area contributed by atoms with Crippen LogP contribution in [0.1, 0.15) is 25.5 Å². The molecule has 8 heteroatoms. The molecule has 0 radical (unpaired) electrons. The van der Waals surface area contributed by atoms with Crippen LogP contribution in [-0.2, 0) is 6.42 Å². The standard InChI is InChI=1S/C19H24N6.2ClH/c1-2-3-15-11-18(25-9-7-14(20)12-25)24-19(22-15)23-16-5-4-13-6-8-21-17(13)10-16;;/h4-6,8,10-11,14,21H,2-3,7,9,12,20H2,1H3,(H,22,23,24);2*1H/t14-;;/m0../s1. The monoisotopic (exact) mass is 408 g/mol.